The standard InChI is InChI=1S/C16H22FN3O2/c1-3-5-10-20(4-2)11-16-18-15(19-22-16)12-21-14-8-6-13(17)7-9-14/h6-9H,3-5,10-12H2,1-2H3. The van der Waals surface area contributed by atoms with E-state index in [2.05, 4.69) is 28.9 Å². The first kappa shape index (κ1) is 16.4. The van der Waals surface area contributed by atoms with Crippen molar-refractivity contribution in [2.45, 2.75) is 39.8 Å². The first-order valence-electron chi connectivity index (χ1n) is 7.63. The Kier molecular flexibility index (Phi) is 6.33. The fraction of sp³-hybridized carbons (Fsp3) is 0.500. The van der Waals surface area contributed by atoms with Crippen LogP contribution in [-0.2, 0) is 13.2 Å². The Morgan fingerprint density at radius 1 is 1.23 bits per heavy atom. The maximum Gasteiger partial charge on any atom is 0.240 e. The molecular formula is C16H22FN3O2. The summed E-state index contributed by atoms with van der Waals surface area (Å²) < 4.78 is 23.5. The minimum atomic E-state index is -0.291. The molecular weight excluding hydrogens is 285 g/mol. The minimum Gasteiger partial charge on any atom is -0.485 e. The van der Waals surface area contributed by atoms with E-state index in [9.17, 15) is 4.39 Å². The highest BCUT2D eigenvalue weighted by Crippen LogP contribution is 2.13. The van der Waals surface area contributed by atoms with Crippen molar-refractivity contribution in [3.05, 3.63) is 41.8 Å². The van der Waals surface area contributed by atoms with Gasteiger partial charge >= 0.3 is 0 Å². The van der Waals surface area contributed by atoms with Gasteiger partial charge in [0.2, 0.25) is 11.7 Å². The van der Waals surface area contributed by atoms with Crippen molar-refractivity contribution in [1.29, 1.82) is 0 Å². The van der Waals surface area contributed by atoms with E-state index >= 15 is 0 Å². The Morgan fingerprint density at radius 2 is 2.00 bits per heavy atom. The van der Waals surface area contributed by atoms with Crippen LogP contribution >= 0.6 is 0 Å². The Labute approximate surface area is 130 Å². The zero-order valence-corrected chi connectivity index (χ0v) is 13.1. The summed E-state index contributed by atoms with van der Waals surface area (Å²) in [5.41, 5.74) is 0. The number of hydrogen-bond acceptors (Lipinski definition) is 5. The van der Waals surface area contributed by atoms with Crippen LogP contribution < -0.4 is 4.74 Å². The van der Waals surface area contributed by atoms with E-state index in [1.807, 2.05) is 0 Å². The third-order valence-electron chi connectivity index (χ3n) is 3.33. The lowest BCUT2D eigenvalue weighted by atomic mass is 10.3. The van der Waals surface area contributed by atoms with Gasteiger partial charge in [0.05, 0.1) is 6.54 Å². The van der Waals surface area contributed by atoms with Crippen LogP contribution in [0.5, 0.6) is 5.75 Å². The molecule has 120 valence electrons. The van der Waals surface area contributed by atoms with Gasteiger partial charge in [0.1, 0.15) is 11.6 Å². The summed E-state index contributed by atoms with van der Waals surface area (Å²) >= 11 is 0. The maximum atomic E-state index is 12.8. The summed E-state index contributed by atoms with van der Waals surface area (Å²) in [6.45, 7) is 7.12. The summed E-state index contributed by atoms with van der Waals surface area (Å²) in [4.78, 5) is 6.59. The van der Waals surface area contributed by atoms with Crippen LogP contribution in [0.1, 0.15) is 38.4 Å². The van der Waals surface area contributed by atoms with E-state index in [4.69, 9.17) is 9.26 Å². The predicted molar refractivity (Wildman–Crippen MR) is 80.9 cm³/mol. The van der Waals surface area contributed by atoms with Gasteiger partial charge in [-0.1, -0.05) is 25.4 Å². The highest BCUT2D eigenvalue weighted by Gasteiger charge is 2.11. The molecule has 0 spiro atoms. The van der Waals surface area contributed by atoms with Crippen LogP contribution in [0.4, 0.5) is 4.39 Å². The largest absolute Gasteiger partial charge is 0.485 e. The molecule has 1 heterocycles. The lowest BCUT2D eigenvalue weighted by molar-refractivity contribution is 0.231. The molecule has 0 aliphatic heterocycles. The van der Waals surface area contributed by atoms with Gasteiger partial charge in [-0.15, -0.1) is 0 Å². The highest BCUT2D eigenvalue weighted by molar-refractivity contribution is 5.22. The van der Waals surface area contributed by atoms with Gasteiger partial charge in [0.25, 0.3) is 0 Å². The highest BCUT2D eigenvalue weighted by atomic mass is 19.1. The van der Waals surface area contributed by atoms with E-state index in [0.29, 0.717) is 24.0 Å². The van der Waals surface area contributed by atoms with Gasteiger partial charge < -0.3 is 9.26 Å². The van der Waals surface area contributed by atoms with Gasteiger partial charge in [-0.2, -0.15) is 4.98 Å². The van der Waals surface area contributed by atoms with Crippen LogP contribution in [0.3, 0.4) is 0 Å². The third-order valence-corrected chi connectivity index (χ3v) is 3.33. The van der Waals surface area contributed by atoms with Crippen molar-refractivity contribution < 1.29 is 13.7 Å². The maximum absolute atomic E-state index is 12.8. The second-order valence-electron chi connectivity index (χ2n) is 5.07. The molecule has 2 aromatic rings. The summed E-state index contributed by atoms with van der Waals surface area (Å²) in [6.07, 6.45) is 2.32. The smallest absolute Gasteiger partial charge is 0.240 e. The molecule has 0 N–H and O–H groups in total. The van der Waals surface area contributed by atoms with Crippen molar-refractivity contribution >= 4 is 0 Å². The second kappa shape index (κ2) is 8.48. The lowest BCUT2D eigenvalue weighted by Gasteiger charge is -2.17. The Morgan fingerprint density at radius 3 is 2.68 bits per heavy atom. The SMILES string of the molecule is CCCCN(CC)Cc1nc(COc2ccc(F)cc2)no1. The molecule has 2 rings (SSSR count). The average Bonchev–Trinajstić information content (AvgIpc) is 2.98. The van der Waals surface area contributed by atoms with Gasteiger partial charge in [-0.05, 0) is 43.8 Å². The van der Waals surface area contributed by atoms with E-state index < -0.39 is 0 Å². The number of halogens is 1. The second-order valence-corrected chi connectivity index (χ2v) is 5.07. The Hall–Kier alpha value is -1.95. The van der Waals surface area contributed by atoms with Crippen molar-refractivity contribution in [2.24, 2.45) is 0 Å². The number of aromatic nitrogens is 2. The molecule has 0 fully saturated rings. The van der Waals surface area contributed by atoms with Crippen LogP contribution in [-0.4, -0.2) is 28.1 Å². The van der Waals surface area contributed by atoms with Gasteiger partial charge in [-0.25, -0.2) is 4.39 Å². The van der Waals surface area contributed by atoms with E-state index in [0.717, 1.165) is 25.9 Å². The number of unbranched alkanes of at least 4 members (excludes halogenated alkanes) is 1. The fourth-order valence-electron chi connectivity index (χ4n) is 2.01. The monoisotopic (exact) mass is 307 g/mol. The molecule has 0 radical (unpaired) electrons. The molecule has 0 aliphatic rings. The number of rotatable bonds is 9. The van der Waals surface area contributed by atoms with Crippen molar-refractivity contribution in [3.8, 4) is 5.75 Å². The molecule has 6 heteroatoms. The molecule has 1 aromatic carbocycles. The molecule has 0 bridgehead atoms. The van der Waals surface area contributed by atoms with Crippen LogP contribution in [0.2, 0.25) is 0 Å². The third kappa shape index (κ3) is 5.11. The number of benzene rings is 1. The molecule has 0 amide bonds. The number of ether oxygens (including phenoxy) is 1. The predicted octanol–water partition coefficient (Wildman–Crippen LogP) is 3.41. The summed E-state index contributed by atoms with van der Waals surface area (Å²) in [7, 11) is 0. The molecule has 0 saturated heterocycles. The number of hydrogen-bond donors (Lipinski definition) is 0. The fourth-order valence-corrected chi connectivity index (χ4v) is 2.01. The zero-order valence-electron chi connectivity index (χ0n) is 13.1. The van der Waals surface area contributed by atoms with Crippen molar-refractivity contribution in [1.82, 2.24) is 15.0 Å². The quantitative estimate of drug-likeness (QED) is 0.710. The molecule has 0 aliphatic carbocycles. The summed E-state index contributed by atoms with van der Waals surface area (Å²) in [6, 6.07) is 5.84. The van der Waals surface area contributed by atoms with E-state index in [-0.39, 0.29) is 12.4 Å². The first-order chi connectivity index (χ1) is 10.7. The van der Waals surface area contributed by atoms with Crippen molar-refractivity contribution in [2.75, 3.05) is 13.1 Å². The molecule has 5 nitrogen and oxygen atoms in total. The summed E-state index contributed by atoms with van der Waals surface area (Å²) in [5, 5.41) is 3.90. The molecule has 22 heavy (non-hydrogen) atoms. The summed E-state index contributed by atoms with van der Waals surface area (Å²) in [5.74, 6) is 1.37. The molecule has 1 aromatic heterocycles. The normalized spacial score (nSPS) is 11.1. The molecule has 0 saturated carbocycles. The van der Waals surface area contributed by atoms with Crippen LogP contribution in [0.15, 0.2) is 28.8 Å². The average molecular weight is 307 g/mol. The zero-order chi connectivity index (χ0) is 15.8. The van der Waals surface area contributed by atoms with Gasteiger partial charge in [0.15, 0.2) is 6.61 Å². The first-order valence-corrected chi connectivity index (χ1v) is 7.63. The molecule has 0 unspecified atom stereocenters. The van der Waals surface area contributed by atoms with Crippen molar-refractivity contribution in [3.63, 3.8) is 0 Å². The minimum absolute atomic E-state index is 0.205. The topological polar surface area (TPSA) is 51.4 Å². The van der Waals surface area contributed by atoms with Gasteiger partial charge in [0, 0.05) is 0 Å². The van der Waals surface area contributed by atoms with Gasteiger partial charge in [-0.3, -0.25) is 4.90 Å². The Balaban J connectivity index is 1.84. The van der Waals surface area contributed by atoms with E-state index in [1.54, 1.807) is 12.1 Å². The van der Waals surface area contributed by atoms with E-state index in [1.165, 1.54) is 12.1 Å². The number of nitrogens with zero attached hydrogens (tertiary/aromatic N) is 3. The molecule has 0 atom stereocenters. The van der Waals surface area contributed by atoms with Crippen LogP contribution in [0, 0.1) is 5.82 Å². The van der Waals surface area contributed by atoms with Crippen LogP contribution in [0.25, 0.3) is 0 Å². The lowest BCUT2D eigenvalue weighted by Crippen LogP contribution is -2.24. The Bertz CT molecular complexity index is 557.